The van der Waals surface area contributed by atoms with Crippen molar-refractivity contribution in [2.24, 2.45) is 5.92 Å². The Kier molecular flexibility index (Phi) is 8.10. The molecule has 0 radical (unpaired) electrons. The zero-order valence-electron chi connectivity index (χ0n) is 17.4. The number of piperidine rings is 2. The summed E-state index contributed by atoms with van der Waals surface area (Å²) in [5, 5.41) is 4.70. The van der Waals surface area contributed by atoms with Crippen LogP contribution in [-0.4, -0.2) is 42.1 Å². The number of likely N-dealkylation sites (tertiary alicyclic amines) is 1. The van der Waals surface area contributed by atoms with Gasteiger partial charge in [-0.15, -0.1) is 11.3 Å². The Hall–Kier alpha value is -0.970. The zero-order chi connectivity index (χ0) is 19.1. The molecule has 1 atom stereocenters. The van der Waals surface area contributed by atoms with E-state index in [0.29, 0.717) is 5.92 Å². The molecule has 2 aromatic rings. The first-order valence-electron chi connectivity index (χ1n) is 11.1. The SMILES string of the molecule is CC.CC1CCCNC1.c1ccc2sc(C3CCN(C4CC4)CC3)nc2c1. The summed E-state index contributed by atoms with van der Waals surface area (Å²) >= 11 is 1.90. The molecule has 5 rings (SSSR count). The fraction of sp³-hybridized carbons (Fsp3) is 0.696. The predicted molar refractivity (Wildman–Crippen MR) is 119 cm³/mol. The van der Waals surface area contributed by atoms with Crippen LogP contribution >= 0.6 is 11.3 Å². The third-order valence-corrected chi connectivity index (χ3v) is 6.99. The van der Waals surface area contributed by atoms with Crippen LogP contribution in [0.4, 0.5) is 0 Å². The third kappa shape index (κ3) is 6.00. The second kappa shape index (κ2) is 10.5. The van der Waals surface area contributed by atoms with Gasteiger partial charge in [0.2, 0.25) is 0 Å². The van der Waals surface area contributed by atoms with Crippen molar-refractivity contribution in [2.45, 2.75) is 71.3 Å². The van der Waals surface area contributed by atoms with E-state index in [0.717, 1.165) is 12.0 Å². The second-order valence-electron chi connectivity index (χ2n) is 8.01. The number of aromatic nitrogens is 1. The average Bonchev–Trinajstić information content (AvgIpc) is 3.49. The number of fused-ring (bicyclic) bond motifs is 1. The number of benzene rings is 1. The van der Waals surface area contributed by atoms with Gasteiger partial charge in [-0.2, -0.15) is 0 Å². The highest BCUT2D eigenvalue weighted by Gasteiger charge is 2.32. The van der Waals surface area contributed by atoms with Crippen molar-refractivity contribution in [2.75, 3.05) is 26.2 Å². The molecule has 4 heteroatoms. The minimum absolute atomic E-state index is 0.706. The van der Waals surface area contributed by atoms with Crippen molar-refractivity contribution in [3.8, 4) is 0 Å². The summed E-state index contributed by atoms with van der Waals surface area (Å²) in [7, 11) is 0. The molecule has 1 aromatic heterocycles. The van der Waals surface area contributed by atoms with E-state index in [1.165, 1.54) is 79.9 Å². The number of nitrogens with zero attached hydrogens (tertiary/aromatic N) is 2. The van der Waals surface area contributed by atoms with Gasteiger partial charge in [0.15, 0.2) is 0 Å². The number of rotatable bonds is 2. The molecule has 150 valence electrons. The number of hydrogen-bond acceptors (Lipinski definition) is 4. The van der Waals surface area contributed by atoms with E-state index < -0.39 is 0 Å². The Labute approximate surface area is 169 Å². The molecule has 3 aliphatic rings. The molecule has 1 N–H and O–H groups in total. The van der Waals surface area contributed by atoms with Crippen molar-refractivity contribution in [3.63, 3.8) is 0 Å². The van der Waals surface area contributed by atoms with Gasteiger partial charge < -0.3 is 10.2 Å². The molecule has 1 aromatic carbocycles. The summed E-state index contributed by atoms with van der Waals surface area (Å²) < 4.78 is 1.34. The summed E-state index contributed by atoms with van der Waals surface area (Å²) in [5.41, 5.74) is 1.18. The van der Waals surface area contributed by atoms with Crippen LogP contribution in [-0.2, 0) is 0 Å². The second-order valence-corrected chi connectivity index (χ2v) is 9.07. The van der Waals surface area contributed by atoms with E-state index in [1.807, 2.05) is 25.2 Å². The first-order valence-corrected chi connectivity index (χ1v) is 11.9. The van der Waals surface area contributed by atoms with Crippen LogP contribution in [0.5, 0.6) is 0 Å². The van der Waals surface area contributed by atoms with E-state index in [4.69, 9.17) is 4.98 Å². The Balaban J connectivity index is 0.000000197. The molecular weight excluding hydrogens is 350 g/mol. The van der Waals surface area contributed by atoms with Gasteiger partial charge in [-0.05, 0) is 82.8 Å². The van der Waals surface area contributed by atoms with Crippen LogP contribution in [0, 0.1) is 5.92 Å². The van der Waals surface area contributed by atoms with Crippen LogP contribution in [0.2, 0.25) is 0 Å². The molecule has 0 spiro atoms. The van der Waals surface area contributed by atoms with Gasteiger partial charge in [0.05, 0.1) is 15.2 Å². The maximum absolute atomic E-state index is 4.82. The van der Waals surface area contributed by atoms with E-state index in [9.17, 15) is 0 Å². The molecular formula is C23H37N3S. The lowest BCUT2D eigenvalue weighted by atomic mass is 9.97. The first-order chi connectivity index (χ1) is 13.3. The quantitative estimate of drug-likeness (QED) is 0.719. The van der Waals surface area contributed by atoms with E-state index in [-0.39, 0.29) is 0 Å². The Morgan fingerprint density at radius 1 is 1.04 bits per heavy atom. The summed E-state index contributed by atoms with van der Waals surface area (Å²) in [6.07, 6.45) is 8.28. The maximum atomic E-state index is 4.82. The topological polar surface area (TPSA) is 28.2 Å². The van der Waals surface area contributed by atoms with Gasteiger partial charge in [0.25, 0.3) is 0 Å². The largest absolute Gasteiger partial charge is 0.316 e. The zero-order valence-corrected chi connectivity index (χ0v) is 18.2. The van der Waals surface area contributed by atoms with Gasteiger partial charge in [-0.3, -0.25) is 0 Å². The van der Waals surface area contributed by atoms with Gasteiger partial charge in [0, 0.05) is 12.0 Å². The minimum Gasteiger partial charge on any atom is -0.316 e. The van der Waals surface area contributed by atoms with Crippen LogP contribution in [0.3, 0.4) is 0 Å². The Bertz CT molecular complexity index is 632. The number of hydrogen-bond donors (Lipinski definition) is 1. The number of thiazole rings is 1. The van der Waals surface area contributed by atoms with Gasteiger partial charge in [0.1, 0.15) is 0 Å². The highest BCUT2D eigenvalue weighted by Crippen LogP contribution is 2.37. The molecule has 1 unspecified atom stereocenters. The van der Waals surface area contributed by atoms with Crippen molar-refractivity contribution in [3.05, 3.63) is 29.3 Å². The lowest BCUT2D eigenvalue weighted by Crippen LogP contribution is -2.34. The normalized spacial score (nSPS) is 23.9. The molecule has 3 nitrogen and oxygen atoms in total. The molecule has 0 bridgehead atoms. The first kappa shape index (κ1) is 20.8. The van der Waals surface area contributed by atoms with E-state index >= 15 is 0 Å². The smallest absolute Gasteiger partial charge is 0.0970 e. The fourth-order valence-electron chi connectivity index (χ4n) is 4.04. The fourth-order valence-corrected chi connectivity index (χ4v) is 5.18. The van der Waals surface area contributed by atoms with Gasteiger partial charge in [-0.1, -0.05) is 32.9 Å². The van der Waals surface area contributed by atoms with Crippen LogP contribution in [0.15, 0.2) is 24.3 Å². The predicted octanol–water partition coefficient (Wildman–Crippen LogP) is 5.67. The molecule has 27 heavy (non-hydrogen) atoms. The molecule has 2 saturated heterocycles. The van der Waals surface area contributed by atoms with Crippen molar-refractivity contribution in [1.82, 2.24) is 15.2 Å². The van der Waals surface area contributed by atoms with Gasteiger partial charge in [-0.25, -0.2) is 4.98 Å². The Morgan fingerprint density at radius 2 is 1.78 bits per heavy atom. The molecule has 1 saturated carbocycles. The lowest BCUT2D eigenvalue weighted by Gasteiger charge is -2.30. The van der Waals surface area contributed by atoms with Crippen molar-refractivity contribution < 1.29 is 0 Å². The summed E-state index contributed by atoms with van der Waals surface area (Å²) in [4.78, 5) is 7.51. The molecule has 3 fully saturated rings. The van der Waals surface area contributed by atoms with E-state index in [1.54, 1.807) is 0 Å². The highest BCUT2D eigenvalue weighted by atomic mass is 32.1. The van der Waals surface area contributed by atoms with Crippen LogP contribution in [0.25, 0.3) is 10.2 Å². The summed E-state index contributed by atoms with van der Waals surface area (Å²) in [6, 6.07) is 9.45. The van der Waals surface area contributed by atoms with E-state index in [2.05, 4.69) is 41.4 Å². The standard InChI is InChI=1S/C15H18N2S.C6H13N.C2H6/c1-2-4-14-13(3-1)16-15(18-14)11-7-9-17(10-8-11)12-5-6-12;1-6-3-2-4-7-5-6;1-2/h1-4,11-12H,5-10H2;6-7H,2-5H2,1H3;1-2H3. The average molecular weight is 388 g/mol. The van der Waals surface area contributed by atoms with Gasteiger partial charge >= 0.3 is 0 Å². The van der Waals surface area contributed by atoms with Crippen molar-refractivity contribution in [1.29, 1.82) is 0 Å². The third-order valence-electron chi connectivity index (χ3n) is 5.80. The molecule has 0 amide bonds. The number of nitrogens with one attached hydrogen (secondary N) is 1. The van der Waals surface area contributed by atoms with Crippen LogP contribution in [0.1, 0.15) is 70.2 Å². The molecule has 1 aliphatic carbocycles. The van der Waals surface area contributed by atoms with Crippen LogP contribution < -0.4 is 5.32 Å². The lowest BCUT2D eigenvalue weighted by molar-refractivity contribution is 0.203. The highest BCUT2D eigenvalue weighted by molar-refractivity contribution is 7.18. The summed E-state index contributed by atoms with van der Waals surface area (Å²) in [6.45, 7) is 11.3. The monoisotopic (exact) mass is 387 g/mol. The number of para-hydroxylation sites is 1. The van der Waals surface area contributed by atoms with Crippen molar-refractivity contribution >= 4 is 21.6 Å². The minimum atomic E-state index is 0.706. The molecule has 2 aliphatic heterocycles. The Morgan fingerprint density at radius 3 is 2.33 bits per heavy atom. The maximum Gasteiger partial charge on any atom is 0.0970 e. The molecule has 3 heterocycles. The summed E-state index contributed by atoms with van der Waals surface area (Å²) in [5.74, 6) is 1.63.